The molecule has 1 aliphatic rings. The van der Waals surface area contributed by atoms with E-state index in [0.29, 0.717) is 0 Å². The molecule has 1 nitrogen and oxygen atoms in total. The third kappa shape index (κ3) is 3.08. The zero-order valence-corrected chi connectivity index (χ0v) is 10.6. The van der Waals surface area contributed by atoms with Crippen LogP contribution < -0.4 is 0 Å². The van der Waals surface area contributed by atoms with Gasteiger partial charge >= 0.3 is 0 Å². The Morgan fingerprint density at radius 1 is 1.19 bits per heavy atom. The van der Waals surface area contributed by atoms with E-state index in [1.54, 1.807) is 0 Å². The van der Waals surface area contributed by atoms with Gasteiger partial charge in [-0.2, -0.15) is 0 Å². The van der Waals surface area contributed by atoms with Crippen LogP contribution in [0, 0.1) is 6.92 Å². The summed E-state index contributed by atoms with van der Waals surface area (Å²) in [6.45, 7) is 7.04. The van der Waals surface area contributed by atoms with E-state index in [2.05, 4.69) is 43.0 Å². The normalized spacial score (nSPS) is 22.2. The van der Waals surface area contributed by atoms with Crippen LogP contribution in [0.5, 0.6) is 0 Å². The summed E-state index contributed by atoms with van der Waals surface area (Å²) < 4.78 is 0. The van der Waals surface area contributed by atoms with Crippen LogP contribution in [-0.4, -0.2) is 24.0 Å². The second kappa shape index (κ2) is 5.49. The first-order valence-corrected chi connectivity index (χ1v) is 6.55. The highest BCUT2D eigenvalue weighted by atomic mass is 15.1. The molecule has 1 aromatic carbocycles. The largest absolute Gasteiger partial charge is 0.300 e. The van der Waals surface area contributed by atoms with Gasteiger partial charge in [0.15, 0.2) is 0 Å². The van der Waals surface area contributed by atoms with Crippen LogP contribution in [0.25, 0.3) is 0 Å². The summed E-state index contributed by atoms with van der Waals surface area (Å²) in [6.07, 6.45) is 5.39. The van der Waals surface area contributed by atoms with Gasteiger partial charge in [-0.15, -0.1) is 0 Å². The molecule has 0 aliphatic carbocycles. The van der Waals surface area contributed by atoms with Crippen molar-refractivity contribution in [2.75, 3.05) is 13.1 Å². The first kappa shape index (κ1) is 11.7. The molecule has 1 aromatic rings. The van der Waals surface area contributed by atoms with Crippen molar-refractivity contribution in [3.05, 3.63) is 35.4 Å². The van der Waals surface area contributed by atoms with Gasteiger partial charge in [-0.05, 0) is 45.2 Å². The van der Waals surface area contributed by atoms with E-state index in [1.807, 2.05) is 0 Å². The molecule has 2 rings (SSSR count). The number of hydrogen-bond donors (Lipinski definition) is 0. The van der Waals surface area contributed by atoms with E-state index in [1.165, 1.54) is 49.9 Å². The van der Waals surface area contributed by atoms with Gasteiger partial charge < -0.3 is 4.90 Å². The minimum absolute atomic E-state index is 0.791. The molecule has 0 saturated carbocycles. The average molecular weight is 217 g/mol. The fraction of sp³-hybridized carbons (Fsp3) is 0.600. The van der Waals surface area contributed by atoms with E-state index < -0.39 is 0 Å². The maximum absolute atomic E-state index is 2.64. The van der Waals surface area contributed by atoms with Gasteiger partial charge in [-0.25, -0.2) is 0 Å². The highest BCUT2D eigenvalue weighted by molar-refractivity contribution is 5.21. The highest BCUT2D eigenvalue weighted by Gasteiger charge is 2.17. The number of benzene rings is 1. The van der Waals surface area contributed by atoms with Crippen LogP contribution in [-0.2, 0) is 6.42 Å². The molecular formula is C15H23N. The highest BCUT2D eigenvalue weighted by Crippen LogP contribution is 2.16. The molecule has 0 radical (unpaired) electrons. The van der Waals surface area contributed by atoms with Crippen LogP contribution in [0.1, 0.15) is 37.3 Å². The number of hydrogen-bond acceptors (Lipinski definition) is 1. The molecule has 0 bridgehead atoms. The molecule has 1 heteroatoms. The summed E-state index contributed by atoms with van der Waals surface area (Å²) >= 11 is 0. The number of aryl methyl sites for hydroxylation is 1. The molecule has 1 atom stereocenters. The molecule has 1 unspecified atom stereocenters. The number of piperidine rings is 1. The lowest BCUT2D eigenvalue weighted by molar-refractivity contribution is 0.163. The van der Waals surface area contributed by atoms with Crippen LogP contribution >= 0.6 is 0 Å². The Bertz CT molecular complexity index is 315. The van der Waals surface area contributed by atoms with Crippen molar-refractivity contribution in [2.45, 2.75) is 45.6 Å². The molecule has 1 aliphatic heterocycles. The molecule has 1 saturated heterocycles. The Hall–Kier alpha value is -0.820. The minimum Gasteiger partial charge on any atom is -0.300 e. The van der Waals surface area contributed by atoms with Gasteiger partial charge in [0.25, 0.3) is 0 Å². The molecule has 0 N–H and O–H groups in total. The summed E-state index contributed by atoms with van der Waals surface area (Å²) in [5.74, 6) is 0. The second-order valence-corrected chi connectivity index (χ2v) is 5.12. The van der Waals surface area contributed by atoms with Gasteiger partial charge in [0.1, 0.15) is 0 Å². The molecular weight excluding hydrogens is 194 g/mol. The van der Waals surface area contributed by atoms with E-state index in [4.69, 9.17) is 0 Å². The van der Waals surface area contributed by atoms with Crippen molar-refractivity contribution in [1.29, 1.82) is 0 Å². The standard InChI is InChI=1S/C15H23N/c1-13-6-8-15(9-7-13)10-12-16-11-4-3-5-14(16)2/h6-9,14H,3-5,10-12H2,1-2H3. The Balaban J connectivity index is 1.84. The quantitative estimate of drug-likeness (QED) is 0.750. The molecule has 0 amide bonds. The number of nitrogens with zero attached hydrogens (tertiary/aromatic N) is 1. The van der Waals surface area contributed by atoms with Gasteiger partial charge in [-0.1, -0.05) is 36.2 Å². The molecule has 88 valence electrons. The molecule has 1 fully saturated rings. The molecule has 0 spiro atoms. The summed E-state index contributed by atoms with van der Waals surface area (Å²) in [5.41, 5.74) is 2.83. The van der Waals surface area contributed by atoms with Gasteiger partial charge in [0.2, 0.25) is 0 Å². The van der Waals surface area contributed by atoms with Crippen LogP contribution in [0.15, 0.2) is 24.3 Å². The van der Waals surface area contributed by atoms with Crippen LogP contribution in [0.3, 0.4) is 0 Å². The zero-order chi connectivity index (χ0) is 11.4. The fourth-order valence-electron chi connectivity index (χ4n) is 2.52. The van der Waals surface area contributed by atoms with Crippen LogP contribution in [0.2, 0.25) is 0 Å². The van der Waals surface area contributed by atoms with Gasteiger partial charge in [0.05, 0.1) is 0 Å². The fourth-order valence-corrected chi connectivity index (χ4v) is 2.52. The van der Waals surface area contributed by atoms with Crippen molar-refractivity contribution >= 4 is 0 Å². The summed E-state index contributed by atoms with van der Waals surface area (Å²) in [5, 5.41) is 0. The topological polar surface area (TPSA) is 3.24 Å². The van der Waals surface area contributed by atoms with E-state index in [0.717, 1.165) is 6.04 Å². The maximum Gasteiger partial charge on any atom is 0.00670 e. The van der Waals surface area contributed by atoms with Crippen molar-refractivity contribution in [3.63, 3.8) is 0 Å². The summed E-state index contributed by atoms with van der Waals surface area (Å²) in [4.78, 5) is 2.64. The second-order valence-electron chi connectivity index (χ2n) is 5.12. The first-order chi connectivity index (χ1) is 7.75. The molecule has 16 heavy (non-hydrogen) atoms. The Kier molecular flexibility index (Phi) is 4.00. The van der Waals surface area contributed by atoms with Gasteiger partial charge in [-0.3, -0.25) is 0 Å². The lowest BCUT2D eigenvalue weighted by Gasteiger charge is -2.33. The minimum atomic E-state index is 0.791. The SMILES string of the molecule is Cc1ccc(CCN2CCCCC2C)cc1. The van der Waals surface area contributed by atoms with Gasteiger partial charge in [0, 0.05) is 12.6 Å². The van der Waals surface area contributed by atoms with E-state index in [9.17, 15) is 0 Å². The smallest absolute Gasteiger partial charge is 0.00670 e. The Morgan fingerprint density at radius 3 is 2.62 bits per heavy atom. The lowest BCUT2D eigenvalue weighted by atomic mass is 10.0. The average Bonchev–Trinajstić information content (AvgIpc) is 2.30. The Labute approximate surface area is 99.5 Å². The zero-order valence-electron chi connectivity index (χ0n) is 10.6. The number of likely N-dealkylation sites (tertiary alicyclic amines) is 1. The first-order valence-electron chi connectivity index (χ1n) is 6.55. The monoisotopic (exact) mass is 217 g/mol. The predicted octanol–water partition coefficient (Wildman–Crippen LogP) is 3.41. The Morgan fingerprint density at radius 2 is 1.94 bits per heavy atom. The maximum atomic E-state index is 2.64. The third-order valence-corrected chi connectivity index (χ3v) is 3.75. The summed E-state index contributed by atoms with van der Waals surface area (Å²) in [7, 11) is 0. The van der Waals surface area contributed by atoms with Crippen molar-refractivity contribution in [3.8, 4) is 0 Å². The van der Waals surface area contributed by atoms with Crippen molar-refractivity contribution < 1.29 is 0 Å². The van der Waals surface area contributed by atoms with Crippen molar-refractivity contribution in [1.82, 2.24) is 4.90 Å². The van der Waals surface area contributed by atoms with Crippen LogP contribution in [0.4, 0.5) is 0 Å². The number of rotatable bonds is 3. The third-order valence-electron chi connectivity index (χ3n) is 3.75. The molecule has 0 aromatic heterocycles. The van der Waals surface area contributed by atoms with Crippen molar-refractivity contribution in [2.24, 2.45) is 0 Å². The lowest BCUT2D eigenvalue weighted by Crippen LogP contribution is -2.38. The van der Waals surface area contributed by atoms with E-state index >= 15 is 0 Å². The summed E-state index contributed by atoms with van der Waals surface area (Å²) in [6, 6.07) is 9.76. The molecule has 1 heterocycles. The predicted molar refractivity (Wildman–Crippen MR) is 69.8 cm³/mol. The van der Waals surface area contributed by atoms with E-state index in [-0.39, 0.29) is 0 Å².